The Morgan fingerprint density at radius 3 is 2.94 bits per heavy atom. The minimum atomic E-state index is -0.455. The molecule has 0 saturated carbocycles. The van der Waals surface area contributed by atoms with Gasteiger partial charge in [0.1, 0.15) is 0 Å². The lowest BCUT2D eigenvalue weighted by molar-refractivity contribution is 0.174. The minimum absolute atomic E-state index is 0.455. The van der Waals surface area contributed by atoms with Crippen LogP contribution in [0.25, 0.3) is 0 Å². The van der Waals surface area contributed by atoms with Gasteiger partial charge in [-0.15, -0.1) is 11.3 Å². The molecule has 1 heterocycles. The molecule has 3 nitrogen and oxygen atoms in total. The molecule has 1 unspecified atom stereocenters. The summed E-state index contributed by atoms with van der Waals surface area (Å²) in [6.45, 7) is 3.33. The van der Waals surface area contributed by atoms with Crippen molar-refractivity contribution in [3.05, 3.63) is 52.0 Å². The molecular weight excluding hydrogens is 232 g/mol. The number of aliphatic hydroxyl groups is 1. The smallest absolute Gasteiger partial charge is 0.0917 e. The van der Waals surface area contributed by atoms with Gasteiger partial charge in [0.15, 0.2) is 0 Å². The van der Waals surface area contributed by atoms with E-state index in [0.29, 0.717) is 6.54 Å². The average Bonchev–Trinajstić information content (AvgIpc) is 2.82. The van der Waals surface area contributed by atoms with Crippen molar-refractivity contribution in [2.45, 2.75) is 19.6 Å². The number of aromatic nitrogens is 1. The summed E-state index contributed by atoms with van der Waals surface area (Å²) in [5.74, 6) is 0. The summed E-state index contributed by atoms with van der Waals surface area (Å²) in [5.41, 5.74) is 3.93. The fourth-order valence-corrected chi connectivity index (χ4v) is 2.30. The van der Waals surface area contributed by atoms with Crippen molar-refractivity contribution in [3.63, 3.8) is 0 Å². The van der Waals surface area contributed by atoms with Crippen molar-refractivity contribution in [2.24, 2.45) is 0 Å². The zero-order valence-corrected chi connectivity index (χ0v) is 10.6. The Morgan fingerprint density at radius 1 is 1.41 bits per heavy atom. The van der Waals surface area contributed by atoms with Crippen LogP contribution in [0.4, 0.5) is 0 Å². The predicted molar refractivity (Wildman–Crippen MR) is 70.0 cm³/mol. The highest BCUT2D eigenvalue weighted by Crippen LogP contribution is 2.16. The van der Waals surface area contributed by atoms with Crippen LogP contribution in [0.2, 0.25) is 0 Å². The zero-order valence-electron chi connectivity index (χ0n) is 9.76. The second-order valence-corrected chi connectivity index (χ2v) is 4.94. The molecule has 2 rings (SSSR count). The molecule has 90 valence electrons. The van der Waals surface area contributed by atoms with Gasteiger partial charge in [0, 0.05) is 24.2 Å². The van der Waals surface area contributed by atoms with Crippen molar-refractivity contribution in [1.82, 2.24) is 10.3 Å². The van der Waals surface area contributed by atoms with Crippen molar-refractivity contribution < 1.29 is 5.11 Å². The van der Waals surface area contributed by atoms with E-state index in [9.17, 15) is 5.11 Å². The molecule has 1 aromatic carbocycles. The van der Waals surface area contributed by atoms with Gasteiger partial charge < -0.3 is 10.4 Å². The number of nitrogens with zero attached hydrogens (tertiary/aromatic N) is 1. The summed E-state index contributed by atoms with van der Waals surface area (Å²) in [5, 5.41) is 13.3. The number of aryl methyl sites for hydroxylation is 1. The molecule has 1 aromatic heterocycles. The van der Waals surface area contributed by atoms with Crippen LogP contribution in [-0.4, -0.2) is 16.6 Å². The molecule has 2 N–H and O–H groups in total. The van der Waals surface area contributed by atoms with Crippen molar-refractivity contribution in [1.29, 1.82) is 0 Å². The normalized spacial score (nSPS) is 12.6. The average molecular weight is 248 g/mol. The van der Waals surface area contributed by atoms with E-state index in [2.05, 4.69) is 10.3 Å². The Kier molecular flexibility index (Phi) is 4.25. The Morgan fingerprint density at radius 2 is 2.24 bits per heavy atom. The van der Waals surface area contributed by atoms with E-state index in [4.69, 9.17) is 0 Å². The van der Waals surface area contributed by atoms with Crippen LogP contribution >= 0.6 is 11.3 Å². The highest BCUT2D eigenvalue weighted by Gasteiger charge is 2.09. The van der Waals surface area contributed by atoms with Gasteiger partial charge in [-0.3, -0.25) is 4.98 Å². The fraction of sp³-hybridized carbons (Fsp3) is 0.308. The largest absolute Gasteiger partial charge is 0.387 e. The molecular formula is C13H16N2OS. The van der Waals surface area contributed by atoms with Crippen LogP contribution in [0.15, 0.2) is 36.0 Å². The molecule has 0 radical (unpaired) electrons. The maximum Gasteiger partial charge on any atom is 0.0917 e. The summed E-state index contributed by atoms with van der Waals surface area (Å²) in [7, 11) is 0. The molecule has 0 saturated heterocycles. The van der Waals surface area contributed by atoms with Gasteiger partial charge >= 0.3 is 0 Å². The molecule has 17 heavy (non-hydrogen) atoms. The van der Waals surface area contributed by atoms with Crippen LogP contribution in [-0.2, 0) is 6.54 Å². The zero-order chi connectivity index (χ0) is 12.1. The van der Waals surface area contributed by atoms with Crippen LogP contribution in [0.5, 0.6) is 0 Å². The van der Waals surface area contributed by atoms with Gasteiger partial charge in [0.25, 0.3) is 0 Å². The first-order chi connectivity index (χ1) is 8.27. The molecule has 2 aromatic rings. The van der Waals surface area contributed by atoms with Gasteiger partial charge in [-0.05, 0) is 18.1 Å². The molecule has 4 heteroatoms. The number of aliphatic hydroxyl groups excluding tert-OH is 1. The van der Waals surface area contributed by atoms with Crippen LogP contribution in [0.3, 0.4) is 0 Å². The maximum atomic E-state index is 10.1. The van der Waals surface area contributed by atoms with Crippen LogP contribution in [0, 0.1) is 6.92 Å². The number of hydrogen-bond acceptors (Lipinski definition) is 4. The Bertz CT molecular complexity index is 456. The first-order valence-electron chi connectivity index (χ1n) is 5.59. The fourth-order valence-electron chi connectivity index (χ4n) is 1.73. The lowest BCUT2D eigenvalue weighted by atomic mass is 10.0. The molecule has 0 bridgehead atoms. The topological polar surface area (TPSA) is 45.1 Å². The first-order valence-corrected chi connectivity index (χ1v) is 6.47. The number of rotatable bonds is 5. The van der Waals surface area contributed by atoms with Crippen LogP contribution in [0.1, 0.15) is 22.1 Å². The molecule has 0 aliphatic rings. The number of hydrogen-bond donors (Lipinski definition) is 2. The van der Waals surface area contributed by atoms with E-state index in [1.807, 2.05) is 42.9 Å². The second kappa shape index (κ2) is 5.91. The Labute approximate surface area is 105 Å². The van der Waals surface area contributed by atoms with E-state index >= 15 is 0 Å². The van der Waals surface area contributed by atoms with Gasteiger partial charge in [-0.25, -0.2) is 0 Å². The Balaban J connectivity index is 1.85. The number of thiazole rings is 1. The number of nitrogens with one attached hydrogen (secondary N) is 1. The van der Waals surface area contributed by atoms with E-state index in [-0.39, 0.29) is 0 Å². The van der Waals surface area contributed by atoms with E-state index in [1.54, 1.807) is 11.3 Å². The monoisotopic (exact) mass is 248 g/mol. The van der Waals surface area contributed by atoms with E-state index in [1.165, 1.54) is 4.88 Å². The molecule has 0 aliphatic carbocycles. The lowest BCUT2D eigenvalue weighted by Gasteiger charge is -2.14. The third-order valence-corrected chi connectivity index (χ3v) is 3.45. The summed E-state index contributed by atoms with van der Waals surface area (Å²) in [4.78, 5) is 5.19. The molecule has 1 atom stereocenters. The molecule has 0 fully saturated rings. The van der Waals surface area contributed by atoms with Crippen molar-refractivity contribution in [2.75, 3.05) is 6.54 Å². The lowest BCUT2D eigenvalue weighted by Crippen LogP contribution is -2.21. The third-order valence-electron chi connectivity index (χ3n) is 2.67. The maximum absolute atomic E-state index is 10.1. The molecule has 0 amide bonds. The Hall–Kier alpha value is -1.23. The van der Waals surface area contributed by atoms with Crippen molar-refractivity contribution in [3.8, 4) is 0 Å². The minimum Gasteiger partial charge on any atom is -0.387 e. The van der Waals surface area contributed by atoms with Gasteiger partial charge in [-0.1, -0.05) is 24.3 Å². The summed E-state index contributed by atoms with van der Waals surface area (Å²) in [6.07, 6.45) is 1.39. The standard InChI is InChI=1S/C13H16N2OS/c1-10-4-2-3-5-12(10)13(16)8-14-6-11-7-15-9-17-11/h2-5,7,9,13-14,16H,6,8H2,1H3. The second-order valence-electron chi connectivity index (χ2n) is 3.97. The summed E-state index contributed by atoms with van der Waals surface area (Å²) < 4.78 is 0. The number of benzene rings is 1. The van der Waals surface area contributed by atoms with Gasteiger partial charge in [0.2, 0.25) is 0 Å². The highest BCUT2D eigenvalue weighted by atomic mass is 32.1. The SMILES string of the molecule is Cc1ccccc1C(O)CNCc1cncs1. The van der Waals surface area contributed by atoms with Gasteiger partial charge in [-0.2, -0.15) is 0 Å². The molecule has 0 spiro atoms. The highest BCUT2D eigenvalue weighted by molar-refractivity contribution is 7.09. The van der Waals surface area contributed by atoms with Crippen molar-refractivity contribution >= 4 is 11.3 Å². The van der Waals surface area contributed by atoms with Crippen LogP contribution < -0.4 is 5.32 Å². The predicted octanol–water partition coefficient (Wildman–Crippen LogP) is 2.27. The van der Waals surface area contributed by atoms with E-state index in [0.717, 1.165) is 17.7 Å². The van der Waals surface area contributed by atoms with E-state index < -0.39 is 6.10 Å². The molecule has 0 aliphatic heterocycles. The first kappa shape index (κ1) is 12.2. The summed E-state index contributed by atoms with van der Waals surface area (Å²) in [6, 6.07) is 7.92. The summed E-state index contributed by atoms with van der Waals surface area (Å²) >= 11 is 1.62. The quantitative estimate of drug-likeness (QED) is 0.853. The van der Waals surface area contributed by atoms with Gasteiger partial charge in [0.05, 0.1) is 11.6 Å². The third kappa shape index (κ3) is 3.36.